The fourth-order valence-corrected chi connectivity index (χ4v) is 3.86. The molecule has 2 saturated heterocycles. The number of nitro groups is 1. The van der Waals surface area contributed by atoms with E-state index in [1.165, 1.54) is 6.07 Å². The smallest absolute Gasteiger partial charge is 0.433 e. The summed E-state index contributed by atoms with van der Waals surface area (Å²) in [6.45, 7) is 1.48. The molecule has 2 aliphatic heterocycles. The van der Waals surface area contributed by atoms with Gasteiger partial charge in [-0.15, -0.1) is 0 Å². The number of cyclic esters (lactones) is 1. The number of likely N-dealkylation sites (tertiary alicyclic amines) is 1. The molecule has 2 fully saturated rings. The second-order valence-electron chi connectivity index (χ2n) is 7.56. The van der Waals surface area contributed by atoms with Gasteiger partial charge in [0.2, 0.25) is 0 Å². The van der Waals surface area contributed by atoms with E-state index in [-0.39, 0.29) is 30.6 Å². The van der Waals surface area contributed by atoms with Gasteiger partial charge in [0.25, 0.3) is 5.91 Å². The first-order valence-corrected chi connectivity index (χ1v) is 10.2. The van der Waals surface area contributed by atoms with Gasteiger partial charge in [0, 0.05) is 19.1 Å². The summed E-state index contributed by atoms with van der Waals surface area (Å²) in [5.41, 5.74) is 0. The molecule has 1 atom stereocenters. The van der Waals surface area contributed by atoms with Crippen molar-refractivity contribution in [1.82, 2.24) is 9.80 Å². The van der Waals surface area contributed by atoms with Crippen molar-refractivity contribution in [3.8, 4) is 11.5 Å². The lowest BCUT2D eigenvalue weighted by Gasteiger charge is -2.35. The number of furan rings is 1. The Balaban J connectivity index is 1.26. The number of ether oxygens (including phenoxy) is 3. The molecule has 0 bridgehead atoms. The largest absolute Gasteiger partial charge is 0.497 e. The third kappa shape index (κ3) is 4.61. The summed E-state index contributed by atoms with van der Waals surface area (Å²) >= 11 is 0. The lowest BCUT2D eigenvalue weighted by atomic mass is 10.0. The molecule has 0 aliphatic carbocycles. The monoisotopic (exact) mass is 445 g/mol. The van der Waals surface area contributed by atoms with Crippen LogP contribution in [0.4, 0.5) is 10.7 Å². The van der Waals surface area contributed by atoms with Crippen molar-refractivity contribution >= 4 is 17.9 Å². The summed E-state index contributed by atoms with van der Waals surface area (Å²) < 4.78 is 21.3. The van der Waals surface area contributed by atoms with E-state index in [0.717, 1.165) is 11.8 Å². The Morgan fingerprint density at radius 2 is 1.84 bits per heavy atom. The highest BCUT2D eigenvalue weighted by Crippen LogP contribution is 2.25. The maximum atomic E-state index is 12.5. The van der Waals surface area contributed by atoms with Crippen molar-refractivity contribution in [2.45, 2.75) is 25.0 Å². The molecule has 2 amide bonds. The average Bonchev–Trinajstić information content (AvgIpc) is 3.45. The zero-order valence-corrected chi connectivity index (χ0v) is 17.5. The van der Waals surface area contributed by atoms with E-state index >= 15 is 0 Å². The summed E-state index contributed by atoms with van der Waals surface area (Å²) in [6, 6.07) is 9.56. The van der Waals surface area contributed by atoms with Crippen LogP contribution in [0.1, 0.15) is 23.4 Å². The van der Waals surface area contributed by atoms with Crippen molar-refractivity contribution in [3.63, 3.8) is 0 Å². The summed E-state index contributed by atoms with van der Waals surface area (Å²) in [5, 5.41) is 10.7. The van der Waals surface area contributed by atoms with Gasteiger partial charge in [0.05, 0.1) is 19.7 Å². The lowest BCUT2D eigenvalue weighted by Crippen LogP contribution is -2.47. The number of amides is 2. The quantitative estimate of drug-likeness (QED) is 0.471. The van der Waals surface area contributed by atoms with Crippen LogP contribution >= 0.6 is 0 Å². The number of benzene rings is 1. The van der Waals surface area contributed by atoms with Gasteiger partial charge in [-0.1, -0.05) is 0 Å². The molecule has 11 nitrogen and oxygen atoms in total. The van der Waals surface area contributed by atoms with Gasteiger partial charge >= 0.3 is 12.0 Å². The van der Waals surface area contributed by atoms with Crippen LogP contribution in [-0.4, -0.2) is 72.2 Å². The molecule has 4 rings (SSSR count). The SMILES string of the molecule is COc1ccc(OCC2CN(C3CCN(C(=O)c4ccc([N+](=O)[O-])o4)CC3)C(=O)O2)cc1. The molecule has 1 aromatic carbocycles. The third-order valence-corrected chi connectivity index (χ3v) is 5.57. The summed E-state index contributed by atoms with van der Waals surface area (Å²) in [7, 11) is 1.59. The highest BCUT2D eigenvalue weighted by Gasteiger charge is 2.38. The van der Waals surface area contributed by atoms with E-state index in [4.69, 9.17) is 18.6 Å². The number of hydrogen-bond donors (Lipinski definition) is 0. The minimum Gasteiger partial charge on any atom is -0.497 e. The van der Waals surface area contributed by atoms with Crippen molar-refractivity contribution < 1.29 is 33.1 Å². The van der Waals surface area contributed by atoms with Crippen molar-refractivity contribution in [1.29, 1.82) is 0 Å². The standard InChI is InChI=1S/C21H23N3O8/c1-29-15-2-4-16(5-3-15)30-13-17-12-23(21(26)31-17)14-8-10-22(11-9-14)20(25)18-6-7-19(32-18)24(27)28/h2-7,14,17H,8-13H2,1H3. The highest BCUT2D eigenvalue weighted by molar-refractivity contribution is 5.91. The van der Waals surface area contributed by atoms with Crippen molar-refractivity contribution in [2.75, 3.05) is 33.4 Å². The molecule has 2 aliphatic rings. The molecular weight excluding hydrogens is 422 g/mol. The van der Waals surface area contributed by atoms with Crippen LogP contribution in [-0.2, 0) is 4.74 Å². The first kappa shape index (κ1) is 21.5. The zero-order chi connectivity index (χ0) is 22.7. The Hall–Kier alpha value is -3.76. The zero-order valence-electron chi connectivity index (χ0n) is 17.5. The molecule has 170 valence electrons. The lowest BCUT2D eigenvalue weighted by molar-refractivity contribution is -0.402. The Kier molecular flexibility index (Phi) is 6.15. The highest BCUT2D eigenvalue weighted by atomic mass is 16.6. The molecule has 1 unspecified atom stereocenters. The van der Waals surface area contributed by atoms with Crippen LogP contribution in [0.3, 0.4) is 0 Å². The normalized spacial score (nSPS) is 19.0. The molecule has 0 radical (unpaired) electrons. The van der Waals surface area contributed by atoms with Crippen LogP contribution in [0.2, 0.25) is 0 Å². The minimum atomic E-state index is -0.684. The Bertz CT molecular complexity index is 981. The molecular formula is C21H23N3O8. The predicted molar refractivity (Wildman–Crippen MR) is 110 cm³/mol. The van der Waals surface area contributed by atoms with E-state index in [1.54, 1.807) is 41.2 Å². The number of carbonyl (C=O) groups is 2. The minimum absolute atomic E-state index is 0.0523. The molecule has 0 N–H and O–H groups in total. The van der Waals surface area contributed by atoms with Crippen LogP contribution in [0.15, 0.2) is 40.8 Å². The average molecular weight is 445 g/mol. The van der Waals surface area contributed by atoms with Gasteiger partial charge in [0.1, 0.15) is 23.0 Å². The maximum Gasteiger partial charge on any atom is 0.433 e. The Morgan fingerprint density at radius 1 is 1.16 bits per heavy atom. The first-order chi connectivity index (χ1) is 15.4. The molecule has 0 spiro atoms. The third-order valence-electron chi connectivity index (χ3n) is 5.57. The van der Waals surface area contributed by atoms with Crippen LogP contribution in [0, 0.1) is 10.1 Å². The molecule has 3 heterocycles. The van der Waals surface area contributed by atoms with Crippen LogP contribution in [0.5, 0.6) is 11.5 Å². The van der Waals surface area contributed by atoms with E-state index in [2.05, 4.69) is 0 Å². The second-order valence-corrected chi connectivity index (χ2v) is 7.56. The van der Waals surface area contributed by atoms with Crippen molar-refractivity contribution in [2.24, 2.45) is 0 Å². The number of piperidine rings is 1. The van der Waals surface area contributed by atoms with Gasteiger partial charge in [-0.05, 0) is 43.2 Å². The number of carbonyl (C=O) groups excluding carboxylic acids is 2. The first-order valence-electron chi connectivity index (χ1n) is 10.2. The van der Waals surface area contributed by atoms with Gasteiger partial charge < -0.3 is 28.4 Å². The molecule has 2 aromatic rings. The number of nitrogens with zero attached hydrogens (tertiary/aromatic N) is 3. The Labute approximate surface area is 183 Å². The number of rotatable bonds is 7. The Morgan fingerprint density at radius 3 is 2.47 bits per heavy atom. The van der Waals surface area contributed by atoms with Crippen LogP contribution in [0.25, 0.3) is 0 Å². The number of hydrogen-bond acceptors (Lipinski definition) is 8. The molecule has 11 heteroatoms. The van der Waals surface area contributed by atoms with Gasteiger partial charge in [-0.2, -0.15) is 0 Å². The van der Waals surface area contributed by atoms with E-state index in [0.29, 0.717) is 38.2 Å². The second kappa shape index (κ2) is 9.16. The fraction of sp³-hybridized carbons (Fsp3) is 0.429. The maximum absolute atomic E-state index is 12.5. The van der Waals surface area contributed by atoms with Gasteiger partial charge in [-0.25, -0.2) is 4.79 Å². The fourth-order valence-electron chi connectivity index (χ4n) is 3.86. The molecule has 32 heavy (non-hydrogen) atoms. The van der Waals surface area contributed by atoms with Crippen LogP contribution < -0.4 is 9.47 Å². The summed E-state index contributed by atoms with van der Waals surface area (Å²) in [6.07, 6.45) is 0.387. The molecule has 1 aromatic heterocycles. The topological polar surface area (TPSA) is 125 Å². The van der Waals surface area contributed by atoms with E-state index in [9.17, 15) is 19.7 Å². The summed E-state index contributed by atoms with van der Waals surface area (Å²) in [4.78, 5) is 38.2. The number of methoxy groups -OCH3 is 1. The van der Waals surface area contributed by atoms with Gasteiger partial charge in [0.15, 0.2) is 11.9 Å². The van der Waals surface area contributed by atoms with Gasteiger partial charge in [-0.3, -0.25) is 14.9 Å². The molecule has 0 saturated carbocycles. The van der Waals surface area contributed by atoms with E-state index in [1.807, 2.05) is 0 Å². The van der Waals surface area contributed by atoms with E-state index < -0.39 is 16.7 Å². The summed E-state index contributed by atoms with van der Waals surface area (Å²) in [5.74, 6) is 0.458. The predicted octanol–water partition coefficient (Wildman–Crippen LogP) is 2.70. The van der Waals surface area contributed by atoms with Crippen molar-refractivity contribution in [3.05, 3.63) is 52.3 Å².